The number of carbonyl (C=O) groups is 2. The molecule has 1 heterocycles. The lowest BCUT2D eigenvalue weighted by Gasteiger charge is -2.32. The highest BCUT2D eigenvalue weighted by molar-refractivity contribution is 6.00. The van der Waals surface area contributed by atoms with Crippen molar-refractivity contribution in [2.24, 2.45) is 5.41 Å². The van der Waals surface area contributed by atoms with Crippen LogP contribution in [0.2, 0.25) is 0 Å². The van der Waals surface area contributed by atoms with Gasteiger partial charge in [-0.1, -0.05) is 45.9 Å². The van der Waals surface area contributed by atoms with Crippen molar-refractivity contribution in [1.29, 1.82) is 0 Å². The first kappa shape index (κ1) is 17.5. The Morgan fingerprint density at radius 3 is 2.57 bits per heavy atom. The summed E-state index contributed by atoms with van der Waals surface area (Å²) in [6, 6.07) is -0.310. The van der Waals surface area contributed by atoms with E-state index in [4.69, 9.17) is 0 Å². The smallest absolute Gasteiger partial charge is 0.249 e. The number of amides is 2. The van der Waals surface area contributed by atoms with Crippen LogP contribution in [0, 0.1) is 5.41 Å². The molecule has 0 saturated carbocycles. The molecule has 1 atom stereocenters. The molecule has 1 fully saturated rings. The van der Waals surface area contributed by atoms with E-state index in [1.165, 1.54) is 0 Å². The summed E-state index contributed by atoms with van der Waals surface area (Å²) >= 11 is 0. The second-order valence-corrected chi connectivity index (χ2v) is 6.14. The molecule has 118 valence electrons. The molecular formula is C17H28N2O2. The molecule has 1 saturated heterocycles. The fourth-order valence-electron chi connectivity index (χ4n) is 2.41. The molecule has 21 heavy (non-hydrogen) atoms. The minimum absolute atomic E-state index is 0.0522. The fourth-order valence-corrected chi connectivity index (χ4v) is 2.41. The highest BCUT2D eigenvalue weighted by Gasteiger charge is 2.30. The summed E-state index contributed by atoms with van der Waals surface area (Å²) in [6.07, 6.45) is 10.3. The van der Waals surface area contributed by atoms with Gasteiger partial charge in [0, 0.05) is 17.5 Å². The minimum Gasteiger partial charge on any atom is -0.377 e. The van der Waals surface area contributed by atoms with Gasteiger partial charge in [0.2, 0.25) is 11.8 Å². The molecule has 0 aromatic heterocycles. The Hall–Kier alpha value is -1.58. The van der Waals surface area contributed by atoms with Crippen LogP contribution < -0.4 is 10.6 Å². The maximum Gasteiger partial charge on any atom is 0.249 e. The summed E-state index contributed by atoms with van der Waals surface area (Å²) in [7, 11) is 0. The number of rotatable bonds is 7. The Morgan fingerprint density at radius 1 is 1.29 bits per heavy atom. The third-order valence-electron chi connectivity index (χ3n) is 3.74. The van der Waals surface area contributed by atoms with Crippen molar-refractivity contribution in [1.82, 2.24) is 10.6 Å². The van der Waals surface area contributed by atoms with E-state index in [0.29, 0.717) is 12.8 Å². The van der Waals surface area contributed by atoms with Gasteiger partial charge in [0.15, 0.2) is 0 Å². The summed E-state index contributed by atoms with van der Waals surface area (Å²) in [5.41, 5.74) is 1.03. The number of hydrogen-bond donors (Lipinski definition) is 2. The fraction of sp³-hybridized carbons (Fsp3) is 0.647. The summed E-state index contributed by atoms with van der Waals surface area (Å²) in [5.74, 6) is -0.391. The summed E-state index contributed by atoms with van der Waals surface area (Å²) in [6.45, 7) is 8.55. The van der Waals surface area contributed by atoms with E-state index in [9.17, 15) is 9.59 Å². The number of imide groups is 1. The topological polar surface area (TPSA) is 58.2 Å². The molecule has 0 aromatic rings. The maximum absolute atomic E-state index is 11.9. The van der Waals surface area contributed by atoms with Crippen molar-refractivity contribution in [3.63, 3.8) is 0 Å². The third-order valence-corrected chi connectivity index (χ3v) is 3.74. The highest BCUT2D eigenvalue weighted by atomic mass is 16.2. The van der Waals surface area contributed by atoms with Crippen molar-refractivity contribution in [2.45, 2.75) is 65.8 Å². The summed E-state index contributed by atoms with van der Waals surface area (Å²) in [4.78, 5) is 23.1. The van der Waals surface area contributed by atoms with Crippen LogP contribution in [0.4, 0.5) is 0 Å². The lowest BCUT2D eigenvalue weighted by molar-refractivity contribution is -0.134. The Balaban J connectivity index is 2.77. The Morgan fingerprint density at radius 2 is 2.00 bits per heavy atom. The lowest BCUT2D eigenvalue weighted by atomic mass is 9.84. The molecule has 0 spiro atoms. The minimum atomic E-state index is -0.310. The van der Waals surface area contributed by atoms with Gasteiger partial charge in [0.05, 0.1) is 0 Å². The molecule has 0 aliphatic carbocycles. The molecule has 1 unspecified atom stereocenters. The average Bonchev–Trinajstić information content (AvgIpc) is 2.41. The number of hydrogen-bond acceptors (Lipinski definition) is 3. The molecule has 2 N–H and O–H groups in total. The van der Waals surface area contributed by atoms with Crippen LogP contribution in [0.1, 0.15) is 59.8 Å². The van der Waals surface area contributed by atoms with Gasteiger partial charge in [-0.3, -0.25) is 14.9 Å². The van der Waals surface area contributed by atoms with Gasteiger partial charge < -0.3 is 5.32 Å². The molecule has 1 aliphatic rings. The zero-order valence-electron chi connectivity index (χ0n) is 13.7. The van der Waals surface area contributed by atoms with Crippen LogP contribution in [-0.4, -0.2) is 17.9 Å². The predicted octanol–water partition coefficient (Wildman–Crippen LogP) is 3.06. The van der Waals surface area contributed by atoms with Gasteiger partial charge >= 0.3 is 0 Å². The average molecular weight is 292 g/mol. The predicted molar refractivity (Wildman–Crippen MR) is 85.5 cm³/mol. The van der Waals surface area contributed by atoms with E-state index in [1.54, 1.807) is 0 Å². The lowest BCUT2D eigenvalue weighted by Crippen LogP contribution is -2.51. The third kappa shape index (κ3) is 5.37. The molecule has 0 aromatic carbocycles. The van der Waals surface area contributed by atoms with Gasteiger partial charge in [-0.2, -0.15) is 0 Å². The quantitative estimate of drug-likeness (QED) is 0.560. The molecule has 0 bridgehead atoms. The SMILES string of the molecule is CC/C=C\CC(C)(C)/C(=C\CC)NC1CCC(=O)NC1=O. The molecule has 4 heteroatoms. The van der Waals surface area contributed by atoms with Gasteiger partial charge in [-0.05, 0) is 25.7 Å². The van der Waals surface area contributed by atoms with E-state index in [1.807, 2.05) is 0 Å². The number of allylic oxidation sites excluding steroid dienone is 4. The number of piperidine rings is 1. The van der Waals surface area contributed by atoms with Crippen LogP contribution in [0.25, 0.3) is 0 Å². The van der Waals surface area contributed by atoms with Gasteiger partial charge in [-0.25, -0.2) is 0 Å². The van der Waals surface area contributed by atoms with Crippen molar-refractivity contribution in [3.05, 3.63) is 23.9 Å². The first-order valence-electron chi connectivity index (χ1n) is 7.86. The van der Waals surface area contributed by atoms with Crippen molar-refractivity contribution < 1.29 is 9.59 Å². The van der Waals surface area contributed by atoms with Crippen LogP contribution in [0.3, 0.4) is 0 Å². The normalized spacial score (nSPS) is 20.8. The van der Waals surface area contributed by atoms with Crippen molar-refractivity contribution in [2.75, 3.05) is 0 Å². The van der Waals surface area contributed by atoms with E-state index >= 15 is 0 Å². The van der Waals surface area contributed by atoms with Crippen LogP contribution in [0.5, 0.6) is 0 Å². The molecule has 1 rings (SSSR count). The molecule has 1 aliphatic heterocycles. The van der Waals surface area contributed by atoms with E-state index < -0.39 is 0 Å². The molecule has 2 amide bonds. The van der Waals surface area contributed by atoms with Crippen molar-refractivity contribution >= 4 is 11.8 Å². The number of nitrogens with one attached hydrogen (secondary N) is 2. The standard InChI is InChI=1S/C17H28N2O2/c1-5-7-8-12-17(3,4)14(9-6-2)18-13-10-11-15(20)19-16(13)21/h7-9,13,18H,5-6,10-12H2,1-4H3,(H,19,20,21)/b8-7-,14-9+. The highest BCUT2D eigenvalue weighted by Crippen LogP contribution is 2.30. The van der Waals surface area contributed by atoms with Gasteiger partial charge in [-0.15, -0.1) is 0 Å². The van der Waals surface area contributed by atoms with E-state index in [-0.39, 0.29) is 23.3 Å². The van der Waals surface area contributed by atoms with Crippen LogP contribution >= 0.6 is 0 Å². The Kier molecular flexibility index (Phi) is 6.66. The Labute approximate surface area is 128 Å². The van der Waals surface area contributed by atoms with Gasteiger partial charge in [0.25, 0.3) is 0 Å². The van der Waals surface area contributed by atoms with Crippen LogP contribution in [-0.2, 0) is 9.59 Å². The number of carbonyl (C=O) groups excluding carboxylic acids is 2. The molecule has 0 radical (unpaired) electrons. The molecule has 4 nitrogen and oxygen atoms in total. The first-order valence-corrected chi connectivity index (χ1v) is 7.86. The second kappa shape index (κ2) is 8.01. The van der Waals surface area contributed by atoms with Crippen LogP contribution in [0.15, 0.2) is 23.9 Å². The van der Waals surface area contributed by atoms with Crippen molar-refractivity contribution in [3.8, 4) is 0 Å². The largest absolute Gasteiger partial charge is 0.377 e. The van der Waals surface area contributed by atoms with E-state index in [0.717, 1.165) is 25.0 Å². The first-order chi connectivity index (χ1) is 9.90. The van der Waals surface area contributed by atoms with E-state index in [2.05, 4.69) is 56.6 Å². The molecular weight excluding hydrogens is 264 g/mol. The zero-order valence-corrected chi connectivity index (χ0v) is 13.7. The second-order valence-electron chi connectivity index (χ2n) is 6.14. The monoisotopic (exact) mass is 292 g/mol. The maximum atomic E-state index is 11.9. The Bertz CT molecular complexity index is 436. The zero-order chi connectivity index (χ0) is 15.9. The van der Waals surface area contributed by atoms with Gasteiger partial charge in [0.1, 0.15) is 6.04 Å². The summed E-state index contributed by atoms with van der Waals surface area (Å²) in [5, 5.41) is 5.76. The summed E-state index contributed by atoms with van der Waals surface area (Å²) < 4.78 is 0.